The standard InChI is InChI=1S/C20H25N3O2/c1-4-18-7-5-6-8-19(18)23(16(2)24)15-20(25)22(3)14-11-17-9-12-21-13-10-17/h5-10,12-13H,4,11,14-15H2,1-3H3. The summed E-state index contributed by atoms with van der Waals surface area (Å²) in [5, 5.41) is 0. The van der Waals surface area contributed by atoms with Crippen LogP contribution < -0.4 is 4.90 Å². The number of para-hydroxylation sites is 1. The molecule has 1 aromatic heterocycles. The van der Waals surface area contributed by atoms with Crippen LogP contribution in [-0.4, -0.2) is 41.8 Å². The number of hydrogen-bond donors (Lipinski definition) is 0. The molecule has 0 aliphatic rings. The van der Waals surface area contributed by atoms with Crippen LogP contribution in [0, 0.1) is 0 Å². The van der Waals surface area contributed by atoms with Crippen molar-refractivity contribution in [2.24, 2.45) is 0 Å². The van der Waals surface area contributed by atoms with Crippen molar-refractivity contribution >= 4 is 17.5 Å². The molecule has 0 N–H and O–H groups in total. The van der Waals surface area contributed by atoms with Crippen LogP contribution in [0.25, 0.3) is 0 Å². The lowest BCUT2D eigenvalue weighted by Gasteiger charge is -2.26. The fraction of sp³-hybridized carbons (Fsp3) is 0.350. The number of carbonyl (C=O) groups is 2. The Kier molecular flexibility index (Phi) is 6.69. The predicted octanol–water partition coefficient (Wildman–Crippen LogP) is 2.70. The summed E-state index contributed by atoms with van der Waals surface area (Å²) in [5.74, 6) is -0.202. The number of aromatic nitrogens is 1. The van der Waals surface area contributed by atoms with E-state index in [2.05, 4.69) is 4.98 Å². The van der Waals surface area contributed by atoms with E-state index in [-0.39, 0.29) is 18.4 Å². The number of amides is 2. The molecule has 25 heavy (non-hydrogen) atoms. The molecule has 1 heterocycles. The monoisotopic (exact) mass is 339 g/mol. The molecule has 2 rings (SSSR count). The number of pyridine rings is 1. The number of benzene rings is 1. The second-order valence-corrected chi connectivity index (χ2v) is 6.01. The third-order valence-electron chi connectivity index (χ3n) is 4.25. The van der Waals surface area contributed by atoms with Crippen LogP contribution in [-0.2, 0) is 22.4 Å². The molecule has 0 aliphatic carbocycles. The van der Waals surface area contributed by atoms with Gasteiger partial charge in [-0.1, -0.05) is 25.1 Å². The lowest BCUT2D eigenvalue weighted by molar-refractivity contribution is -0.130. The van der Waals surface area contributed by atoms with Crippen LogP contribution in [0.4, 0.5) is 5.69 Å². The first kappa shape index (κ1) is 18.6. The van der Waals surface area contributed by atoms with Crippen LogP contribution in [0.5, 0.6) is 0 Å². The molecule has 0 fully saturated rings. The second-order valence-electron chi connectivity index (χ2n) is 6.01. The Morgan fingerprint density at radius 3 is 2.40 bits per heavy atom. The van der Waals surface area contributed by atoms with Gasteiger partial charge in [-0.15, -0.1) is 0 Å². The van der Waals surface area contributed by atoms with Crippen LogP contribution in [0.15, 0.2) is 48.8 Å². The van der Waals surface area contributed by atoms with Crippen molar-refractivity contribution < 1.29 is 9.59 Å². The Hall–Kier alpha value is -2.69. The van der Waals surface area contributed by atoms with Gasteiger partial charge in [-0.3, -0.25) is 14.6 Å². The first-order valence-corrected chi connectivity index (χ1v) is 8.51. The SMILES string of the molecule is CCc1ccccc1N(CC(=O)N(C)CCc1ccncc1)C(C)=O. The summed E-state index contributed by atoms with van der Waals surface area (Å²) in [4.78, 5) is 31.9. The first-order chi connectivity index (χ1) is 12.0. The van der Waals surface area contributed by atoms with E-state index < -0.39 is 0 Å². The summed E-state index contributed by atoms with van der Waals surface area (Å²) >= 11 is 0. The molecule has 0 bridgehead atoms. The third-order valence-corrected chi connectivity index (χ3v) is 4.25. The van der Waals surface area contributed by atoms with E-state index in [1.165, 1.54) is 6.92 Å². The van der Waals surface area contributed by atoms with Gasteiger partial charge in [0.15, 0.2) is 0 Å². The van der Waals surface area contributed by atoms with Crippen molar-refractivity contribution in [2.45, 2.75) is 26.7 Å². The Morgan fingerprint density at radius 1 is 1.08 bits per heavy atom. The third kappa shape index (κ3) is 5.14. The van der Waals surface area contributed by atoms with Crippen LogP contribution in [0.1, 0.15) is 25.0 Å². The highest BCUT2D eigenvalue weighted by atomic mass is 16.2. The average Bonchev–Trinajstić information content (AvgIpc) is 2.64. The summed E-state index contributed by atoms with van der Waals surface area (Å²) in [6.45, 7) is 4.19. The second kappa shape index (κ2) is 8.97. The highest BCUT2D eigenvalue weighted by molar-refractivity contribution is 5.98. The fourth-order valence-corrected chi connectivity index (χ4v) is 2.67. The lowest BCUT2D eigenvalue weighted by atomic mass is 10.1. The Balaban J connectivity index is 2.03. The molecule has 0 atom stereocenters. The van der Waals surface area contributed by atoms with Gasteiger partial charge >= 0.3 is 0 Å². The van der Waals surface area contributed by atoms with Crippen molar-refractivity contribution in [1.29, 1.82) is 0 Å². The van der Waals surface area contributed by atoms with Gasteiger partial charge in [-0.25, -0.2) is 0 Å². The largest absolute Gasteiger partial charge is 0.344 e. The van der Waals surface area contributed by atoms with Gasteiger partial charge in [0, 0.05) is 38.6 Å². The molecule has 0 saturated heterocycles. The molecule has 0 radical (unpaired) electrons. The molecule has 5 heteroatoms. The van der Waals surface area contributed by atoms with Crippen molar-refractivity contribution in [3.63, 3.8) is 0 Å². The molecule has 5 nitrogen and oxygen atoms in total. The van der Waals surface area contributed by atoms with Gasteiger partial charge in [0.05, 0.1) is 0 Å². The zero-order chi connectivity index (χ0) is 18.2. The number of aryl methyl sites for hydroxylation is 1. The zero-order valence-electron chi connectivity index (χ0n) is 15.1. The molecule has 0 unspecified atom stereocenters. The van der Waals surface area contributed by atoms with Gasteiger partial charge < -0.3 is 9.80 Å². The number of likely N-dealkylation sites (N-methyl/N-ethyl adjacent to an activating group) is 1. The Labute approximate surface area is 149 Å². The van der Waals surface area contributed by atoms with Crippen LogP contribution >= 0.6 is 0 Å². The normalized spacial score (nSPS) is 10.4. The predicted molar refractivity (Wildman–Crippen MR) is 99.4 cm³/mol. The lowest BCUT2D eigenvalue weighted by Crippen LogP contribution is -2.41. The molecular weight excluding hydrogens is 314 g/mol. The molecule has 2 amide bonds. The van der Waals surface area contributed by atoms with E-state index in [1.807, 2.05) is 43.3 Å². The minimum Gasteiger partial charge on any atom is -0.344 e. The average molecular weight is 339 g/mol. The molecule has 132 valence electrons. The minimum absolute atomic E-state index is 0.0548. The van der Waals surface area contributed by atoms with E-state index in [0.717, 1.165) is 29.7 Å². The Morgan fingerprint density at radius 2 is 1.76 bits per heavy atom. The van der Waals surface area contributed by atoms with Crippen LogP contribution in [0.3, 0.4) is 0 Å². The maximum absolute atomic E-state index is 12.6. The van der Waals surface area contributed by atoms with Gasteiger partial charge in [-0.05, 0) is 42.2 Å². The minimum atomic E-state index is -0.128. The number of carbonyl (C=O) groups excluding carboxylic acids is 2. The molecule has 0 spiro atoms. The van der Waals surface area contributed by atoms with Crippen molar-refractivity contribution in [2.75, 3.05) is 25.0 Å². The molecule has 0 aliphatic heterocycles. The van der Waals surface area contributed by atoms with E-state index in [0.29, 0.717) is 6.54 Å². The van der Waals surface area contributed by atoms with E-state index in [1.54, 1.807) is 29.2 Å². The van der Waals surface area contributed by atoms with E-state index in [9.17, 15) is 9.59 Å². The summed E-state index contributed by atoms with van der Waals surface area (Å²) in [7, 11) is 1.77. The van der Waals surface area contributed by atoms with Crippen molar-refractivity contribution in [1.82, 2.24) is 9.88 Å². The number of nitrogens with zero attached hydrogens (tertiary/aromatic N) is 3. The van der Waals surface area contributed by atoms with Crippen molar-refractivity contribution in [3.05, 3.63) is 59.9 Å². The van der Waals surface area contributed by atoms with Gasteiger partial charge in [0.2, 0.25) is 11.8 Å². The number of hydrogen-bond acceptors (Lipinski definition) is 3. The molecular formula is C20H25N3O2. The number of anilines is 1. The first-order valence-electron chi connectivity index (χ1n) is 8.51. The topological polar surface area (TPSA) is 53.5 Å². The molecule has 2 aromatic rings. The summed E-state index contributed by atoms with van der Waals surface area (Å²) in [6, 6.07) is 11.6. The van der Waals surface area contributed by atoms with Gasteiger partial charge in [0.25, 0.3) is 0 Å². The summed E-state index contributed by atoms with van der Waals surface area (Å²) < 4.78 is 0. The smallest absolute Gasteiger partial charge is 0.242 e. The van der Waals surface area contributed by atoms with Crippen molar-refractivity contribution in [3.8, 4) is 0 Å². The summed E-state index contributed by atoms with van der Waals surface area (Å²) in [6.07, 6.45) is 5.06. The van der Waals surface area contributed by atoms with Crippen LogP contribution in [0.2, 0.25) is 0 Å². The van der Waals surface area contributed by atoms with E-state index >= 15 is 0 Å². The molecule has 0 saturated carbocycles. The molecule has 1 aromatic carbocycles. The highest BCUT2D eigenvalue weighted by Gasteiger charge is 2.20. The fourth-order valence-electron chi connectivity index (χ4n) is 2.67. The summed E-state index contributed by atoms with van der Waals surface area (Å²) in [5.41, 5.74) is 3.01. The zero-order valence-corrected chi connectivity index (χ0v) is 15.1. The Bertz CT molecular complexity index is 716. The quantitative estimate of drug-likeness (QED) is 0.779. The number of rotatable bonds is 7. The van der Waals surface area contributed by atoms with E-state index in [4.69, 9.17) is 0 Å². The maximum atomic E-state index is 12.6. The van der Waals surface area contributed by atoms with Gasteiger partial charge in [0.1, 0.15) is 6.54 Å². The van der Waals surface area contributed by atoms with Gasteiger partial charge in [-0.2, -0.15) is 0 Å². The highest BCUT2D eigenvalue weighted by Crippen LogP contribution is 2.21. The maximum Gasteiger partial charge on any atom is 0.242 e.